The number of imide groups is 1. The second-order valence-corrected chi connectivity index (χ2v) is 6.53. The van der Waals surface area contributed by atoms with Gasteiger partial charge in [-0.15, -0.1) is 0 Å². The van der Waals surface area contributed by atoms with Gasteiger partial charge in [-0.05, 0) is 24.1 Å². The van der Waals surface area contributed by atoms with E-state index in [1.54, 1.807) is 37.4 Å². The summed E-state index contributed by atoms with van der Waals surface area (Å²) in [5, 5.41) is 4.98. The van der Waals surface area contributed by atoms with Gasteiger partial charge in [0.25, 0.3) is 11.5 Å². The Morgan fingerprint density at radius 2 is 1.74 bits per heavy atom. The first-order valence-corrected chi connectivity index (χ1v) is 8.41. The summed E-state index contributed by atoms with van der Waals surface area (Å²) in [7, 11) is 0. The van der Waals surface area contributed by atoms with Crippen molar-refractivity contribution < 1.29 is 9.59 Å². The highest BCUT2D eigenvalue weighted by Crippen LogP contribution is 2.28. The molecule has 1 aromatic heterocycles. The summed E-state index contributed by atoms with van der Waals surface area (Å²) in [5.41, 5.74) is 11.9. The molecule has 2 aliphatic heterocycles. The van der Waals surface area contributed by atoms with E-state index in [0.717, 1.165) is 5.56 Å². The van der Waals surface area contributed by atoms with Crippen molar-refractivity contribution in [3.05, 3.63) is 69.6 Å². The monoisotopic (exact) mass is 369 g/mol. The quantitative estimate of drug-likeness (QED) is 0.382. The molecule has 2 aliphatic rings. The molecular weight excluding hydrogens is 350 g/mol. The molecule has 2 saturated heterocycles. The lowest BCUT2D eigenvalue weighted by atomic mass is 9.88. The van der Waals surface area contributed by atoms with E-state index in [0.29, 0.717) is 11.1 Å². The number of benzene rings is 1. The number of pyridine rings is 1. The van der Waals surface area contributed by atoms with Crippen LogP contribution in [0.5, 0.6) is 0 Å². The van der Waals surface area contributed by atoms with E-state index in [2.05, 4.69) is 32.6 Å². The average molecular weight is 369 g/mol. The zero-order valence-corrected chi connectivity index (χ0v) is 14.5. The molecule has 2 fully saturated rings. The highest BCUT2D eigenvalue weighted by molar-refractivity contribution is 6.07. The van der Waals surface area contributed by atoms with E-state index in [9.17, 15) is 14.4 Å². The van der Waals surface area contributed by atoms with Crippen molar-refractivity contribution in [3.8, 4) is 0 Å². The van der Waals surface area contributed by atoms with Crippen molar-refractivity contribution in [2.75, 3.05) is 0 Å². The SMILES string of the molecule is Cc1cccn(CC2(c3ccc(C4NNNN4)cc3)NC(=O)NC2=O)c1=O. The van der Waals surface area contributed by atoms with E-state index >= 15 is 0 Å². The van der Waals surface area contributed by atoms with Gasteiger partial charge in [-0.2, -0.15) is 11.1 Å². The fraction of sp³-hybridized carbons (Fsp3) is 0.235. The minimum absolute atomic E-state index is 0.00648. The van der Waals surface area contributed by atoms with Crippen LogP contribution in [-0.4, -0.2) is 16.5 Å². The number of urea groups is 1. The molecule has 3 heterocycles. The summed E-state index contributed by atoms with van der Waals surface area (Å²) in [6, 6.07) is 10.1. The molecule has 3 amide bonds. The maximum Gasteiger partial charge on any atom is 0.322 e. The molecule has 2 aromatic rings. The number of carbonyl (C=O) groups excluding carboxylic acids is 2. The lowest BCUT2D eigenvalue weighted by molar-refractivity contribution is -0.124. The molecule has 1 atom stereocenters. The number of carbonyl (C=O) groups is 2. The molecule has 0 saturated carbocycles. The Bertz CT molecular complexity index is 950. The topological polar surface area (TPSA) is 128 Å². The zero-order valence-electron chi connectivity index (χ0n) is 14.5. The van der Waals surface area contributed by atoms with Crippen molar-refractivity contribution in [2.24, 2.45) is 0 Å². The van der Waals surface area contributed by atoms with E-state index in [-0.39, 0.29) is 18.3 Å². The molecule has 6 N–H and O–H groups in total. The Kier molecular flexibility index (Phi) is 4.24. The predicted octanol–water partition coefficient (Wildman–Crippen LogP) is -0.993. The van der Waals surface area contributed by atoms with Gasteiger partial charge in [-0.1, -0.05) is 30.3 Å². The van der Waals surface area contributed by atoms with Crippen LogP contribution in [0.1, 0.15) is 22.9 Å². The van der Waals surface area contributed by atoms with Crippen LogP contribution in [0.4, 0.5) is 4.79 Å². The van der Waals surface area contributed by atoms with Gasteiger partial charge in [0.05, 0.1) is 6.54 Å². The van der Waals surface area contributed by atoms with Gasteiger partial charge >= 0.3 is 6.03 Å². The summed E-state index contributed by atoms with van der Waals surface area (Å²) >= 11 is 0. The van der Waals surface area contributed by atoms with Crippen molar-refractivity contribution in [1.29, 1.82) is 0 Å². The largest absolute Gasteiger partial charge is 0.322 e. The standard InChI is InChI=1S/C17H19N7O3/c1-10-3-2-8-24(14(10)25)9-17(15(26)18-16(27)19-17)12-6-4-11(5-7-12)13-20-22-23-21-13/h2-8,13,20-23H,9H2,1H3,(H2,18,19,26,27). The van der Waals surface area contributed by atoms with Crippen molar-refractivity contribution >= 4 is 11.9 Å². The first-order valence-electron chi connectivity index (χ1n) is 8.41. The molecule has 10 nitrogen and oxygen atoms in total. The second kappa shape index (κ2) is 6.59. The van der Waals surface area contributed by atoms with Crippen LogP contribution < -0.4 is 38.1 Å². The fourth-order valence-electron chi connectivity index (χ4n) is 3.31. The van der Waals surface area contributed by atoms with Crippen LogP contribution in [0.25, 0.3) is 0 Å². The average Bonchev–Trinajstić information content (AvgIpc) is 3.28. The zero-order chi connectivity index (χ0) is 19.0. The number of aryl methyl sites for hydroxylation is 1. The van der Waals surface area contributed by atoms with E-state index < -0.39 is 17.5 Å². The Hall–Kier alpha value is -3.05. The summed E-state index contributed by atoms with van der Waals surface area (Å²) in [4.78, 5) is 37.0. The van der Waals surface area contributed by atoms with Gasteiger partial charge in [-0.25, -0.2) is 15.6 Å². The summed E-state index contributed by atoms with van der Waals surface area (Å²) in [6.45, 7) is 1.70. The molecule has 27 heavy (non-hydrogen) atoms. The van der Waals surface area contributed by atoms with Gasteiger partial charge in [-0.3, -0.25) is 14.9 Å². The van der Waals surface area contributed by atoms with Gasteiger partial charge in [0, 0.05) is 11.8 Å². The summed E-state index contributed by atoms with van der Waals surface area (Å²) in [5.74, 6) is -0.492. The molecule has 0 aliphatic carbocycles. The number of nitrogens with one attached hydrogen (secondary N) is 6. The van der Waals surface area contributed by atoms with Crippen molar-refractivity contribution in [2.45, 2.75) is 25.2 Å². The Morgan fingerprint density at radius 3 is 2.37 bits per heavy atom. The third-order valence-corrected chi connectivity index (χ3v) is 4.79. The van der Waals surface area contributed by atoms with Crippen LogP contribution >= 0.6 is 0 Å². The summed E-state index contributed by atoms with van der Waals surface area (Å²) in [6.07, 6.45) is 1.45. The Morgan fingerprint density at radius 1 is 1.04 bits per heavy atom. The smallest absolute Gasteiger partial charge is 0.318 e. The number of rotatable bonds is 4. The van der Waals surface area contributed by atoms with Gasteiger partial charge in [0.2, 0.25) is 0 Å². The number of hydrogen-bond acceptors (Lipinski definition) is 7. The third kappa shape index (κ3) is 3.00. The predicted molar refractivity (Wildman–Crippen MR) is 95.5 cm³/mol. The van der Waals surface area contributed by atoms with E-state index in [1.165, 1.54) is 4.57 Å². The maximum absolute atomic E-state index is 12.7. The molecule has 4 rings (SSSR count). The second-order valence-electron chi connectivity index (χ2n) is 6.53. The minimum atomic E-state index is -1.36. The molecule has 1 aromatic carbocycles. The Balaban J connectivity index is 1.73. The minimum Gasteiger partial charge on any atom is -0.318 e. The molecule has 0 bridgehead atoms. The maximum atomic E-state index is 12.7. The highest BCUT2D eigenvalue weighted by atomic mass is 16.2. The van der Waals surface area contributed by atoms with Crippen LogP contribution in [0, 0.1) is 6.92 Å². The lowest BCUT2D eigenvalue weighted by Crippen LogP contribution is -2.49. The third-order valence-electron chi connectivity index (χ3n) is 4.79. The number of hydrogen-bond donors (Lipinski definition) is 6. The molecule has 0 spiro atoms. The number of amides is 3. The van der Waals surface area contributed by atoms with Gasteiger partial charge in [0.15, 0.2) is 5.54 Å². The molecule has 140 valence electrons. The van der Waals surface area contributed by atoms with Crippen LogP contribution in [0.15, 0.2) is 47.4 Å². The highest BCUT2D eigenvalue weighted by Gasteiger charge is 2.48. The van der Waals surface area contributed by atoms with Gasteiger partial charge < -0.3 is 9.88 Å². The van der Waals surface area contributed by atoms with Crippen LogP contribution in [-0.2, 0) is 16.9 Å². The fourth-order valence-corrected chi connectivity index (χ4v) is 3.31. The van der Waals surface area contributed by atoms with Crippen LogP contribution in [0.3, 0.4) is 0 Å². The van der Waals surface area contributed by atoms with Crippen molar-refractivity contribution in [1.82, 2.24) is 37.1 Å². The van der Waals surface area contributed by atoms with Crippen molar-refractivity contribution in [3.63, 3.8) is 0 Å². The van der Waals surface area contributed by atoms with Crippen LogP contribution in [0.2, 0.25) is 0 Å². The number of nitrogens with zero attached hydrogens (tertiary/aromatic N) is 1. The normalized spacial score (nSPS) is 22.7. The summed E-state index contributed by atoms with van der Waals surface area (Å²) < 4.78 is 1.43. The molecule has 1 unspecified atom stereocenters. The first kappa shape index (κ1) is 17.4. The van der Waals surface area contributed by atoms with E-state index in [1.807, 2.05) is 12.1 Å². The molecule has 10 heteroatoms. The lowest BCUT2D eigenvalue weighted by Gasteiger charge is -2.28. The molecule has 0 radical (unpaired) electrons. The first-order chi connectivity index (χ1) is 13.0. The van der Waals surface area contributed by atoms with E-state index in [4.69, 9.17) is 0 Å². The molecular formula is C17H19N7O3. The van der Waals surface area contributed by atoms with Gasteiger partial charge in [0.1, 0.15) is 6.17 Å². The number of hydrazine groups is 3. The number of aromatic nitrogens is 1. The Labute approximate surface area is 154 Å².